The average Bonchev–Trinajstić information content (AvgIpc) is 2.75. The second-order valence-corrected chi connectivity index (χ2v) is 4.32. The average molecular weight is 281 g/mol. The van der Waals surface area contributed by atoms with Crippen molar-refractivity contribution in [1.29, 1.82) is 5.26 Å². The monoisotopic (exact) mass is 281 g/mol. The third-order valence-corrected chi connectivity index (χ3v) is 2.92. The van der Waals surface area contributed by atoms with E-state index in [1.807, 2.05) is 0 Å². The first-order valence-electron chi connectivity index (χ1n) is 5.88. The van der Waals surface area contributed by atoms with E-state index in [2.05, 4.69) is 27.0 Å². The SMILES string of the molecule is CON=C(C#N)C1=CC2CCN(C1)C2.O=C(O)C(=O)O. The molecule has 0 radical (unpaired) electrons. The van der Waals surface area contributed by atoms with Gasteiger partial charge in [-0.05, 0) is 18.9 Å². The Balaban J connectivity index is 0.000000286. The van der Waals surface area contributed by atoms with Crippen molar-refractivity contribution in [3.05, 3.63) is 11.6 Å². The number of carboxylic acid groups (broad SMARTS) is 2. The van der Waals surface area contributed by atoms with E-state index in [0.29, 0.717) is 11.6 Å². The Kier molecular flexibility index (Phi) is 5.68. The van der Waals surface area contributed by atoms with Crippen LogP contribution in [0.2, 0.25) is 0 Å². The maximum atomic E-state index is 9.10. The number of carbonyl (C=O) groups is 2. The molecule has 2 aliphatic rings. The standard InChI is InChI=1S/C10H13N3O.C2H2O4/c1-14-12-10(5-11)9-4-8-2-3-13(6-8)7-9;3-1(4)2(5)6/h4,8H,2-3,6-7H2,1H3;(H,3,4)(H,5,6). The van der Waals surface area contributed by atoms with Crippen molar-refractivity contribution in [2.75, 3.05) is 26.7 Å². The smallest absolute Gasteiger partial charge is 0.414 e. The van der Waals surface area contributed by atoms with Crippen molar-refractivity contribution in [2.24, 2.45) is 11.1 Å². The molecular weight excluding hydrogens is 266 g/mol. The topological polar surface area (TPSA) is 123 Å². The molecule has 0 aromatic rings. The molecule has 0 saturated carbocycles. The van der Waals surface area contributed by atoms with Gasteiger partial charge in [-0.2, -0.15) is 5.26 Å². The summed E-state index contributed by atoms with van der Waals surface area (Å²) in [4.78, 5) is 25.2. The van der Waals surface area contributed by atoms with Gasteiger partial charge in [0.05, 0.1) is 0 Å². The molecule has 0 aliphatic carbocycles. The summed E-state index contributed by atoms with van der Waals surface area (Å²) in [6.45, 7) is 3.11. The maximum absolute atomic E-state index is 9.10. The van der Waals surface area contributed by atoms with E-state index in [1.54, 1.807) is 0 Å². The Hall–Kier alpha value is -2.40. The number of oxime groups is 1. The lowest BCUT2D eigenvalue weighted by atomic mass is 10.00. The van der Waals surface area contributed by atoms with Crippen molar-refractivity contribution in [3.63, 3.8) is 0 Å². The Morgan fingerprint density at radius 2 is 2.15 bits per heavy atom. The van der Waals surface area contributed by atoms with Gasteiger partial charge in [0.2, 0.25) is 0 Å². The minimum absolute atomic E-state index is 0.420. The van der Waals surface area contributed by atoms with Crippen LogP contribution in [0.15, 0.2) is 16.8 Å². The van der Waals surface area contributed by atoms with Crippen molar-refractivity contribution in [2.45, 2.75) is 6.42 Å². The summed E-state index contributed by atoms with van der Waals surface area (Å²) in [6, 6.07) is 2.07. The van der Waals surface area contributed by atoms with E-state index in [-0.39, 0.29) is 0 Å². The van der Waals surface area contributed by atoms with Gasteiger partial charge >= 0.3 is 11.9 Å². The number of aliphatic carboxylic acids is 2. The quantitative estimate of drug-likeness (QED) is 0.412. The molecule has 0 amide bonds. The zero-order valence-corrected chi connectivity index (χ0v) is 10.9. The largest absolute Gasteiger partial charge is 0.473 e. The summed E-state index contributed by atoms with van der Waals surface area (Å²) in [6.07, 6.45) is 3.37. The molecule has 2 unspecified atom stereocenters. The molecule has 2 N–H and O–H groups in total. The Morgan fingerprint density at radius 1 is 1.50 bits per heavy atom. The van der Waals surface area contributed by atoms with E-state index in [9.17, 15) is 0 Å². The van der Waals surface area contributed by atoms with E-state index < -0.39 is 11.9 Å². The van der Waals surface area contributed by atoms with E-state index >= 15 is 0 Å². The third kappa shape index (κ3) is 4.37. The van der Waals surface area contributed by atoms with Crippen LogP contribution in [0.1, 0.15) is 6.42 Å². The minimum Gasteiger partial charge on any atom is -0.473 e. The first-order chi connectivity index (χ1) is 9.47. The number of carboxylic acids is 2. The van der Waals surface area contributed by atoms with E-state index in [4.69, 9.17) is 25.1 Å². The summed E-state index contributed by atoms with van der Waals surface area (Å²) in [5.74, 6) is -3.04. The second kappa shape index (κ2) is 7.25. The highest BCUT2D eigenvalue weighted by Gasteiger charge is 2.28. The van der Waals surface area contributed by atoms with Crippen LogP contribution in [0, 0.1) is 17.2 Å². The first-order valence-corrected chi connectivity index (χ1v) is 5.88. The predicted octanol–water partition coefficient (Wildman–Crippen LogP) is -0.0701. The lowest BCUT2D eigenvalue weighted by Crippen LogP contribution is -2.29. The molecule has 2 atom stereocenters. The van der Waals surface area contributed by atoms with Crippen molar-refractivity contribution in [1.82, 2.24) is 4.90 Å². The molecule has 2 aliphatic heterocycles. The number of hydrogen-bond donors (Lipinski definition) is 2. The van der Waals surface area contributed by atoms with Gasteiger partial charge in [0.25, 0.3) is 0 Å². The van der Waals surface area contributed by atoms with Gasteiger partial charge in [-0.15, -0.1) is 0 Å². The fourth-order valence-corrected chi connectivity index (χ4v) is 2.12. The maximum Gasteiger partial charge on any atom is 0.414 e. The van der Waals surface area contributed by atoms with Crippen LogP contribution >= 0.6 is 0 Å². The van der Waals surface area contributed by atoms with Gasteiger partial charge in [-0.25, -0.2) is 9.59 Å². The highest BCUT2D eigenvalue weighted by Crippen LogP contribution is 2.25. The van der Waals surface area contributed by atoms with Crippen molar-refractivity contribution < 1.29 is 24.6 Å². The van der Waals surface area contributed by atoms with Gasteiger partial charge in [0.15, 0.2) is 5.71 Å². The van der Waals surface area contributed by atoms with E-state index in [0.717, 1.165) is 25.2 Å². The molecule has 2 heterocycles. The number of hydrogen-bond acceptors (Lipinski definition) is 6. The molecule has 8 heteroatoms. The molecule has 1 saturated heterocycles. The second-order valence-electron chi connectivity index (χ2n) is 4.32. The third-order valence-electron chi connectivity index (χ3n) is 2.92. The molecule has 0 spiro atoms. The normalized spacial score (nSPS) is 23.8. The molecule has 20 heavy (non-hydrogen) atoms. The van der Waals surface area contributed by atoms with Crippen molar-refractivity contribution in [3.8, 4) is 6.07 Å². The molecule has 8 nitrogen and oxygen atoms in total. The highest BCUT2D eigenvalue weighted by atomic mass is 16.6. The zero-order valence-electron chi connectivity index (χ0n) is 10.9. The lowest BCUT2D eigenvalue weighted by molar-refractivity contribution is -0.159. The number of rotatable bonds is 2. The predicted molar refractivity (Wildman–Crippen MR) is 68.0 cm³/mol. The summed E-state index contributed by atoms with van der Waals surface area (Å²) >= 11 is 0. The van der Waals surface area contributed by atoms with E-state index in [1.165, 1.54) is 13.5 Å². The molecule has 2 bridgehead atoms. The molecular formula is C12H15N3O5. The van der Waals surface area contributed by atoms with Gasteiger partial charge in [-0.1, -0.05) is 11.2 Å². The Labute approximate surface area is 115 Å². The fraction of sp³-hybridized carbons (Fsp3) is 0.500. The van der Waals surface area contributed by atoms with Gasteiger partial charge in [0, 0.05) is 18.7 Å². The summed E-state index contributed by atoms with van der Waals surface area (Å²) in [5, 5.41) is 27.4. The van der Waals surface area contributed by atoms with Crippen molar-refractivity contribution >= 4 is 17.7 Å². The van der Waals surface area contributed by atoms with Crippen LogP contribution in [0.5, 0.6) is 0 Å². The van der Waals surface area contributed by atoms with Crippen LogP contribution in [0.3, 0.4) is 0 Å². The van der Waals surface area contributed by atoms with Gasteiger partial charge in [0.1, 0.15) is 13.2 Å². The summed E-state index contributed by atoms with van der Waals surface area (Å²) in [7, 11) is 1.47. The Bertz CT molecular complexity index is 480. The lowest BCUT2D eigenvalue weighted by Gasteiger charge is -2.21. The Morgan fingerprint density at radius 3 is 2.60 bits per heavy atom. The van der Waals surface area contributed by atoms with Crippen LogP contribution in [0.25, 0.3) is 0 Å². The number of nitrogens with zero attached hydrogens (tertiary/aromatic N) is 3. The molecule has 0 aromatic carbocycles. The molecule has 0 aromatic heterocycles. The molecule has 2 rings (SSSR count). The van der Waals surface area contributed by atoms with Crippen LogP contribution in [0.4, 0.5) is 0 Å². The van der Waals surface area contributed by atoms with Crippen LogP contribution < -0.4 is 0 Å². The first kappa shape index (κ1) is 15.7. The number of fused-ring (bicyclic) bond motifs is 2. The van der Waals surface area contributed by atoms with Crippen LogP contribution in [-0.2, 0) is 14.4 Å². The summed E-state index contributed by atoms with van der Waals surface area (Å²) in [5.41, 5.74) is 1.44. The molecule has 108 valence electrons. The fourth-order valence-electron chi connectivity index (χ4n) is 2.12. The van der Waals surface area contributed by atoms with Gasteiger partial charge < -0.3 is 15.1 Å². The minimum atomic E-state index is -1.82. The molecule has 1 fully saturated rings. The van der Waals surface area contributed by atoms with Gasteiger partial charge in [-0.3, -0.25) is 4.90 Å². The number of nitriles is 1. The zero-order chi connectivity index (χ0) is 15.1. The van der Waals surface area contributed by atoms with Crippen LogP contribution in [-0.4, -0.2) is 59.5 Å². The summed E-state index contributed by atoms with van der Waals surface area (Å²) < 4.78 is 0. The highest BCUT2D eigenvalue weighted by molar-refractivity contribution is 6.27.